The molecule has 1 aliphatic heterocycles. The number of hydrogen-bond donors (Lipinski definition) is 1. The molecule has 0 bridgehead atoms. The maximum Gasteiger partial charge on any atom is 0.339 e. The van der Waals surface area contributed by atoms with Crippen LogP contribution in [0.4, 0.5) is 5.69 Å². The summed E-state index contributed by atoms with van der Waals surface area (Å²) in [5.41, 5.74) is 1.96. The largest absolute Gasteiger partial charge is 0.448 e. The van der Waals surface area contributed by atoms with E-state index in [-0.39, 0.29) is 5.91 Å². The Morgan fingerprint density at radius 1 is 1.14 bits per heavy atom. The van der Waals surface area contributed by atoms with Gasteiger partial charge in [-0.25, -0.2) is 4.79 Å². The molecular formula is C16H12ClNO3. The van der Waals surface area contributed by atoms with Gasteiger partial charge in [0.2, 0.25) is 0 Å². The molecule has 0 saturated heterocycles. The van der Waals surface area contributed by atoms with Crippen molar-refractivity contribution in [2.75, 3.05) is 5.32 Å². The average Bonchev–Trinajstić information content (AvgIpc) is 2.49. The first-order valence-corrected chi connectivity index (χ1v) is 6.86. The molecule has 2 aromatic carbocycles. The quantitative estimate of drug-likeness (QED) is 0.867. The molecule has 0 radical (unpaired) electrons. The highest BCUT2D eigenvalue weighted by molar-refractivity contribution is 6.30. The average molecular weight is 302 g/mol. The highest BCUT2D eigenvalue weighted by Gasteiger charge is 2.30. The van der Waals surface area contributed by atoms with Crippen LogP contribution in [0.25, 0.3) is 0 Å². The SMILES string of the molecule is O=C1O[C@@H](C(=O)Nc2ccc(Cl)cc2)Cc2ccccc21. The van der Waals surface area contributed by atoms with Crippen molar-refractivity contribution in [3.63, 3.8) is 0 Å². The Kier molecular flexibility index (Phi) is 3.62. The highest BCUT2D eigenvalue weighted by atomic mass is 35.5. The number of benzene rings is 2. The molecule has 0 fully saturated rings. The zero-order valence-corrected chi connectivity index (χ0v) is 11.8. The van der Waals surface area contributed by atoms with Gasteiger partial charge in [-0.05, 0) is 35.9 Å². The number of ether oxygens (including phenoxy) is 1. The molecule has 4 nitrogen and oxygen atoms in total. The topological polar surface area (TPSA) is 55.4 Å². The molecule has 1 N–H and O–H groups in total. The molecule has 106 valence electrons. The molecule has 1 aliphatic rings. The summed E-state index contributed by atoms with van der Waals surface area (Å²) in [5.74, 6) is -0.812. The minimum absolute atomic E-state index is 0.347. The van der Waals surface area contributed by atoms with E-state index < -0.39 is 12.1 Å². The van der Waals surface area contributed by atoms with Crippen molar-refractivity contribution >= 4 is 29.2 Å². The van der Waals surface area contributed by atoms with E-state index in [9.17, 15) is 9.59 Å². The first-order chi connectivity index (χ1) is 10.1. The molecule has 1 amide bonds. The van der Waals surface area contributed by atoms with Crippen LogP contribution in [0.1, 0.15) is 15.9 Å². The number of anilines is 1. The van der Waals surface area contributed by atoms with E-state index in [0.717, 1.165) is 5.56 Å². The number of nitrogens with one attached hydrogen (secondary N) is 1. The van der Waals surface area contributed by atoms with Gasteiger partial charge in [0, 0.05) is 17.1 Å². The van der Waals surface area contributed by atoms with E-state index in [4.69, 9.17) is 16.3 Å². The van der Waals surface area contributed by atoms with Crippen LogP contribution in [0.2, 0.25) is 5.02 Å². The second-order valence-corrected chi connectivity index (χ2v) is 5.19. The second kappa shape index (κ2) is 5.58. The van der Waals surface area contributed by atoms with Crippen LogP contribution >= 0.6 is 11.6 Å². The van der Waals surface area contributed by atoms with Gasteiger partial charge in [-0.3, -0.25) is 4.79 Å². The van der Waals surface area contributed by atoms with Crippen molar-refractivity contribution in [1.29, 1.82) is 0 Å². The Hall–Kier alpha value is -2.33. The lowest BCUT2D eigenvalue weighted by atomic mass is 9.98. The predicted molar refractivity (Wildman–Crippen MR) is 79.4 cm³/mol. The van der Waals surface area contributed by atoms with Crippen LogP contribution in [0, 0.1) is 0 Å². The number of amides is 1. The van der Waals surface area contributed by atoms with Crippen LogP contribution in [0.15, 0.2) is 48.5 Å². The Morgan fingerprint density at radius 2 is 1.86 bits per heavy atom. The standard InChI is InChI=1S/C16H12ClNO3/c17-11-5-7-12(8-6-11)18-15(19)14-9-10-3-1-2-4-13(10)16(20)21-14/h1-8,14H,9H2,(H,18,19)/t14-/m1/s1. The lowest BCUT2D eigenvalue weighted by molar-refractivity contribution is -0.125. The fourth-order valence-electron chi connectivity index (χ4n) is 2.23. The maximum atomic E-state index is 12.2. The van der Waals surface area contributed by atoms with E-state index in [1.54, 1.807) is 36.4 Å². The van der Waals surface area contributed by atoms with Gasteiger partial charge in [0.25, 0.3) is 5.91 Å². The minimum Gasteiger partial charge on any atom is -0.448 e. The molecule has 0 saturated carbocycles. The first-order valence-electron chi connectivity index (χ1n) is 6.49. The third-order valence-corrected chi connectivity index (χ3v) is 3.55. The molecule has 0 aromatic heterocycles. The summed E-state index contributed by atoms with van der Waals surface area (Å²) < 4.78 is 5.19. The summed E-state index contributed by atoms with van der Waals surface area (Å²) in [4.78, 5) is 24.1. The van der Waals surface area contributed by atoms with E-state index >= 15 is 0 Å². The molecule has 0 spiro atoms. The van der Waals surface area contributed by atoms with Gasteiger partial charge in [0.05, 0.1) is 5.56 Å². The first kappa shape index (κ1) is 13.6. The molecule has 0 unspecified atom stereocenters. The monoisotopic (exact) mass is 301 g/mol. The Bertz CT molecular complexity index is 697. The highest BCUT2D eigenvalue weighted by Crippen LogP contribution is 2.22. The van der Waals surface area contributed by atoms with E-state index in [1.165, 1.54) is 0 Å². The third-order valence-electron chi connectivity index (χ3n) is 3.30. The zero-order chi connectivity index (χ0) is 14.8. The summed E-state index contributed by atoms with van der Waals surface area (Å²) in [7, 11) is 0. The number of fused-ring (bicyclic) bond motifs is 1. The molecule has 1 heterocycles. The van der Waals surface area contributed by atoms with Crippen LogP contribution in [0.5, 0.6) is 0 Å². The molecule has 0 aliphatic carbocycles. The molecule has 3 rings (SSSR count). The van der Waals surface area contributed by atoms with Gasteiger partial charge in [-0.15, -0.1) is 0 Å². The maximum absolute atomic E-state index is 12.2. The number of hydrogen-bond acceptors (Lipinski definition) is 3. The Balaban J connectivity index is 1.75. The Morgan fingerprint density at radius 3 is 2.62 bits per heavy atom. The van der Waals surface area contributed by atoms with Crippen LogP contribution < -0.4 is 5.32 Å². The zero-order valence-electron chi connectivity index (χ0n) is 11.0. The van der Waals surface area contributed by atoms with Gasteiger partial charge < -0.3 is 10.1 Å². The number of cyclic esters (lactones) is 1. The normalized spacial score (nSPS) is 16.8. The summed E-state index contributed by atoms with van der Waals surface area (Å²) >= 11 is 5.79. The smallest absolute Gasteiger partial charge is 0.339 e. The molecule has 1 atom stereocenters. The number of rotatable bonds is 2. The van der Waals surface area contributed by atoms with Crippen LogP contribution in [-0.2, 0) is 16.0 Å². The molecule has 21 heavy (non-hydrogen) atoms. The van der Waals surface area contributed by atoms with Crippen molar-refractivity contribution in [3.05, 3.63) is 64.7 Å². The lowest BCUT2D eigenvalue weighted by Gasteiger charge is -2.23. The van der Waals surface area contributed by atoms with Crippen LogP contribution in [0.3, 0.4) is 0 Å². The fraction of sp³-hybridized carbons (Fsp3) is 0.125. The van der Waals surface area contributed by atoms with Gasteiger partial charge in [-0.2, -0.15) is 0 Å². The van der Waals surface area contributed by atoms with E-state index in [0.29, 0.717) is 22.7 Å². The van der Waals surface area contributed by atoms with Crippen molar-refractivity contribution in [2.45, 2.75) is 12.5 Å². The van der Waals surface area contributed by atoms with Crippen molar-refractivity contribution in [1.82, 2.24) is 0 Å². The van der Waals surface area contributed by atoms with Gasteiger partial charge in [-0.1, -0.05) is 29.8 Å². The van der Waals surface area contributed by atoms with Crippen LogP contribution in [-0.4, -0.2) is 18.0 Å². The van der Waals surface area contributed by atoms with Crippen molar-refractivity contribution in [2.24, 2.45) is 0 Å². The molecule has 5 heteroatoms. The number of carbonyl (C=O) groups excluding carboxylic acids is 2. The van der Waals surface area contributed by atoms with Crippen molar-refractivity contribution in [3.8, 4) is 0 Å². The van der Waals surface area contributed by atoms with E-state index in [2.05, 4.69) is 5.32 Å². The third kappa shape index (κ3) is 2.90. The van der Waals surface area contributed by atoms with Gasteiger partial charge in [0.1, 0.15) is 0 Å². The summed E-state index contributed by atoms with van der Waals surface area (Å²) in [6, 6.07) is 13.9. The van der Waals surface area contributed by atoms with E-state index in [1.807, 2.05) is 12.1 Å². The number of esters is 1. The van der Waals surface area contributed by atoms with Gasteiger partial charge in [0.15, 0.2) is 6.10 Å². The van der Waals surface area contributed by atoms with Gasteiger partial charge >= 0.3 is 5.97 Å². The summed E-state index contributed by atoms with van der Waals surface area (Å²) in [5, 5.41) is 3.30. The number of carbonyl (C=O) groups is 2. The number of halogens is 1. The summed E-state index contributed by atoms with van der Waals surface area (Å²) in [6.45, 7) is 0. The molecule has 2 aromatic rings. The molecular weight excluding hydrogens is 290 g/mol. The predicted octanol–water partition coefficient (Wildman–Crippen LogP) is 3.06. The summed E-state index contributed by atoms with van der Waals surface area (Å²) in [6.07, 6.45) is -0.440. The second-order valence-electron chi connectivity index (χ2n) is 4.75. The minimum atomic E-state index is -0.817. The lowest BCUT2D eigenvalue weighted by Crippen LogP contribution is -2.37. The Labute approximate surface area is 126 Å². The fourth-order valence-corrected chi connectivity index (χ4v) is 2.36. The van der Waals surface area contributed by atoms with Crippen molar-refractivity contribution < 1.29 is 14.3 Å².